The minimum absolute atomic E-state index is 0.209. The second-order valence-electron chi connectivity index (χ2n) is 11.2. The molecule has 4 rings (SSSR count). The van der Waals surface area contributed by atoms with E-state index in [0.717, 1.165) is 0 Å². The number of hydrogen-bond acceptors (Lipinski definition) is 28. The van der Waals surface area contributed by atoms with Crippen LogP contribution in [0.2, 0.25) is 0 Å². The molecule has 0 heterocycles. The van der Waals surface area contributed by atoms with Crippen LogP contribution in [0.1, 0.15) is 0 Å². The third kappa shape index (κ3) is 9.65. The zero-order valence-corrected chi connectivity index (χ0v) is 31.5. The first-order valence-corrected chi connectivity index (χ1v) is 17.9. The van der Waals surface area contributed by atoms with Crippen LogP contribution >= 0.6 is 0 Å². The Morgan fingerprint density at radius 3 is 0.462 bits per heavy atom. The van der Waals surface area contributed by atoms with E-state index < -0.39 is 168 Å². The van der Waals surface area contributed by atoms with Crippen molar-refractivity contribution in [3.05, 3.63) is 170 Å². The van der Waals surface area contributed by atoms with E-state index in [1.807, 2.05) is 0 Å². The van der Waals surface area contributed by atoms with Gasteiger partial charge in [0.05, 0.1) is 0 Å². The van der Waals surface area contributed by atoms with Gasteiger partial charge in [0.25, 0.3) is 0 Å². The van der Waals surface area contributed by atoms with Crippen molar-refractivity contribution in [2.45, 2.75) is 0 Å². The van der Waals surface area contributed by atoms with E-state index in [1.165, 1.54) is 0 Å². The maximum atomic E-state index is 12.3. The van der Waals surface area contributed by atoms with Crippen molar-refractivity contribution in [2.24, 2.45) is 0 Å². The molecule has 4 aromatic rings. The van der Waals surface area contributed by atoms with Crippen molar-refractivity contribution in [3.8, 4) is 23.0 Å². The number of non-ortho nitro benzene ring substituents is 4. The molecule has 0 atom stereocenters. The Morgan fingerprint density at radius 2 is 0.369 bits per heavy atom. The predicted molar refractivity (Wildman–Crippen MR) is 188 cm³/mol. The zero-order chi connectivity index (χ0) is 49.2. The molecule has 0 N–H and O–H groups in total. The molecule has 65 heavy (non-hydrogen) atoms. The average molecular weight is 960 g/mol. The Kier molecular flexibility index (Phi) is 12.9. The van der Waals surface area contributed by atoms with Crippen molar-refractivity contribution < 1.29 is 90.5 Å². The van der Waals surface area contributed by atoms with Crippen LogP contribution in [-0.4, -0.2) is 59.1 Å². The van der Waals surface area contributed by atoms with E-state index in [9.17, 15) is 121 Å². The fraction of sp³-hybridized carbons (Fsp3) is 0. The maximum absolute atomic E-state index is 12.3. The summed E-state index contributed by atoms with van der Waals surface area (Å²) < 4.78 is 21.0. The van der Waals surface area contributed by atoms with Gasteiger partial charge in [0, 0.05) is 0 Å². The van der Waals surface area contributed by atoms with Crippen LogP contribution in [0.25, 0.3) is 0 Å². The van der Waals surface area contributed by atoms with Crippen LogP contribution in [0.5, 0.6) is 23.0 Å². The normalized spacial score (nSPS) is 10.7. The molecule has 0 saturated carbocycles. The van der Waals surface area contributed by atoms with Crippen molar-refractivity contribution >= 4 is 68.2 Å². The summed E-state index contributed by atoms with van der Waals surface area (Å²) in [7, 11) is 0. The zero-order valence-electron chi connectivity index (χ0n) is 29.9. The first-order valence-electron chi connectivity index (χ1n) is 15.3. The summed E-state index contributed by atoms with van der Waals surface area (Å²) in [5.74, 6) is -8.84. The van der Waals surface area contributed by atoms with Gasteiger partial charge in [0.2, 0.25) is 0 Å². The molecule has 0 aromatic heterocycles. The van der Waals surface area contributed by atoms with Gasteiger partial charge in [-0.05, 0) is 0 Å². The Morgan fingerprint density at radius 1 is 0.246 bits per heavy atom. The molecule has 40 nitrogen and oxygen atoms in total. The van der Waals surface area contributed by atoms with Crippen LogP contribution < -0.4 is 13.3 Å². The van der Waals surface area contributed by atoms with Crippen LogP contribution in [0.4, 0.5) is 68.2 Å². The molecule has 336 valence electrons. The fourth-order valence-corrected chi connectivity index (χ4v) is 8.14. The summed E-state index contributed by atoms with van der Waals surface area (Å²) in [5.41, 5.74) is -23.0. The number of hydrogen-bond donors (Lipinski definition) is 0. The first kappa shape index (κ1) is 47.3. The molecule has 0 fully saturated rings. The van der Waals surface area contributed by atoms with Gasteiger partial charge >= 0.3 is 352 Å². The number of rotatable bonds is 20. The molecule has 4 aromatic carbocycles. The summed E-state index contributed by atoms with van der Waals surface area (Å²) in [6, 6.07) is -1.67. The van der Waals surface area contributed by atoms with Gasteiger partial charge in [-0.1, -0.05) is 0 Å². The van der Waals surface area contributed by atoms with E-state index in [4.69, 9.17) is 13.3 Å². The molecular formula is C24H8N12O28Ti. The van der Waals surface area contributed by atoms with E-state index in [0.29, 0.717) is 0 Å². The van der Waals surface area contributed by atoms with Gasteiger partial charge in [-0.3, -0.25) is 0 Å². The number of nitro groups is 12. The molecular weight excluding hydrogens is 952 g/mol. The molecule has 0 aliphatic heterocycles. The standard InChI is InChI=1S/4C6H3N3O7.Ti/c4*10-6-4(8(13)14)1-3(7(11)12)2-5(6)9(15)16;/h4*1-2,10H;/q;;;;+4/p-4. The second-order valence-corrected chi connectivity index (χ2v) is 14.1. The fourth-order valence-electron chi connectivity index (χ4n) is 4.89. The van der Waals surface area contributed by atoms with E-state index in [1.54, 1.807) is 0 Å². The van der Waals surface area contributed by atoms with Crippen molar-refractivity contribution in [1.29, 1.82) is 0 Å². The van der Waals surface area contributed by atoms with Crippen molar-refractivity contribution in [1.82, 2.24) is 0 Å². The molecule has 0 unspecified atom stereocenters. The average Bonchev–Trinajstić information content (AvgIpc) is 3.19. The van der Waals surface area contributed by atoms with Crippen LogP contribution in [0.15, 0.2) is 48.5 Å². The Bertz CT molecular complexity index is 2380. The first-order chi connectivity index (χ1) is 30.1. The van der Waals surface area contributed by atoms with E-state index in [2.05, 4.69) is 0 Å². The SMILES string of the molecule is O=[N+]([O-])c1cc([N+](=O)[O-])c([O][Ti]([O]c2c([N+](=O)[O-])cc([N+](=O)[O-])cc2[N+](=O)[O-])([O]c2c([N+](=O)[O-])cc([N+](=O)[O-])cc2[N+](=O)[O-])[O]c2c([N+](=O)[O-])cc([N+](=O)[O-])cc2[N+](=O)[O-])c([N+](=O)[O-])c1. The van der Waals surface area contributed by atoms with Crippen molar-refractivity contribution in [2.75, 3.05) is 0 Å². The summed E-state index contributed by atoms with van der Waals surface area (Å²) >= 11 is -8.52. The van der Waals surface area contributed by atoms with Crippen molar-refractivity contribution in [3.63, 3.8) is 0 Å². The Hall–Kier alpha value is -10.4. The summed E-state index contributed by atoms with van der Waals surface area (Å²) in [5, 5.41) is 145. The molecule has 0 radical (unpaired) electrons. The van der Waals surface area contributed by atoms with E-state index in [-0.39, 0.29) is 48.5 Å². The molecule has 0 saturated heterocycles. The topological polar surface area (TPSA) is 555 Å². The van der Waals surface area contributed by atoms with Gasteiger partial charge in [-0.2, -0.15) is 0 Å². The number of benzene rings is 4. The van der Waals surface area contributed by atoms with Crippen LogP contribution in [0.3, 0.4) is 0 Å². The van der Waals surface area contributed by atoms with Gasteiger partial charge < -0.3 is 0 Å². The second kappa shape index (κ2) is 17.7. The number of nitrogens with zero attached hydrogens (tertiary/aromatic N) is 12. The molecule has 0 amide bonds. The predicted octanol–water partition coefficient (Wildman–Crippen LogP) is 5.01. The summed E-state index contributed by atoms with van der Waals surface area (Å²) in [6.07, 6.45) is 0. The molecule has 0 aliphatic rings. The third-order valence-electron chi connectivity index (χ3n) is 7.46. The summed E-state index contributed by atoms with van der Waals surface area (Å²) in [6.45, 7) is 0. The van der Waals surface area contributed by atoms with Gasteiger partial charge in [-0.25, -0.2) is 0 Å². The molecule has 41 heteroatoms. The molecule has 0 aliphatic carbocycles. The van der Waals surface area contributed by atoms with Crippen LogP contribution in [0, 0.1) is 121 Å². The Labute approximate surface area is 351 Å². The summed E-state index contributed by atoms with van der Waals surface area (Å²) in [4.78, 5) is 125. The Balaban J connectivity index is 2.47. The molecule has 0 bridgehead atoms. The van der Waals surface area contributed by atoms with Gasteiger partial charge in [0.15, 0.2) is 0 Å². The minimum atomic E-state index is -8.52. The van der Waals surface area contributed by atoms with Crippen LogP contribution in [-0.2, 0) is 18.1 Å². The third-order valence-corrected chi connectivity index (χ3v) is 10.3. The quantitative estimate of drug-likeness (QED) is 0.0637. The van der Waals surface area contributed by atoms with Gasteiger partial charge in [0.1, 0.15) is 0 Å². The monoisotopic (exact) mass is 960 g/mol. The van der Waals surface area contributed by atoms with E-state index >= 15 is 0 Å². The number of nitro benzene ring substituents is 12. The van der Waals surface area contributed by atoms with Gasteiger partial charge in [-0.15, -0.1) is 0 Å². The molecule has 0 spiro atoms.